The Morgan fingerprint density at radius 3 is 1.21 bits per heavy atom. The molecular formula is C20H32BrClN2. The highest BCUT2D eigenvalue weighted by molar-refractivity contribution is 5.03. The molecule has 2 rings (SSSR count). The highest BCUT2D eigenvalue weighted by atomic mass is 79.9. The lowest BCUT2D eigenvalue weighted by molar-refractivity contribution is -0.697. The van der Waals surface area contributed by atoms with Crippen LogP contribution in [-0.4, -0.2) is 0 Å². The minimum absolute atomic E-state index is 0. The lowest BCUT2D eigenvalue weighted by Crippen LogP contribution is -3.00. The molecule has 2 nitrogen and oxygen atoms in total. The third-order valence-electron chi connectivity index (χ3n) is 3.66. The van der Waals surface area contributed by atoms with Crippen LogP contribution < -0.4 is 38.5 Å². The van der Waals surface area contributed by atoms with Crippen LogP contribution in [-0.2, 0) is 13.1 Å². The first-order valence-electron chi connectivity index (χ1n) is 8.57. The van der Waals surface area contributed by atoms with Crippen molar-refractivity contribution in [1.82, 2.24) is 0 Å². The molecule has 0 spiro atoms. The van der Waals surface area contributed by atoms with Gasteiger partial charge < -0.3 is 29.4 Å². The van der Waals surface area contributed by atoms with Crippen LogP contribution in [0.4, 0.5) is 0 Å². The first-order chi connectivity index (χ1) is 10.7. The number of hydrogen-bond donors (Lipinski definition) is 0. The lowest BCUT2D eigenvalue weighted by atomic mass is 10.3. The Morgan fingerprint density at radius 1 is 0.667 bits per heavy atom. The fourth-order valence-electron chi connectivity index (χ4n) is 2.04. The molecule has 0 N–H and O–H groups in total. The fourth-order valence-corrected chi connectivity index (χ4v) is 2.04. The molecular weight excluding hydrogens is 384 g/mol. The lowest BCUT2D eigenvalue weighted by Gasteiger charge is -1.94. The third-order valence-corrected chi connectivity index (χ3v) is 3.66. The Labute approximate surface area is 165 Å². The minimum atomic E-state index is 0. The van der Waals surface area contributed by atoms with Crippen molar-refractivity contribution in [2.24, 2.45) is 0 Å². The fraction of sp³-hybridized carbons (Fsp3) is 0.500. The van der Waals surface area contributed by atoms with Crippen molar-refractivity contribution in [3.05, 3.63) is 60.2 Å². The zero-order valence-corrected chi connectivity index (χ0v) is 17.9. The molecule has 0 radical (unpaired) electrons. The summed E-state index contributed by atoms with van der Waals surface area (Å²) in [5.41, 5.74) is 2.66. The van der Waals surface area contributed by atoms with E-state index in [-0.39, 0.29) is 29.4 Å². The predicted molar refractivity (Wildman–Crippen MR) is 92.6 cm³/mol. The Balaban J connectivity index is 0. The second-order valence-corrected chi connectivity index (χ2v) is 5.93. The summed E-state index contributed by atoms with van der Waals surface area (Å²) in [6.45, 7) is 11.0. The van der Waals surface area contributed by atoms with Crippen LogP contribution >= 0.6 is 0 Å². The number of halogens is 2. The van der Waals surface area contributed by atoms with Gasteiger partial charge in [-0.15, -0.1) is 0 Å². The Morgan fingerprint density at radius 2 is 0.958 bits per heavy atom. The first-order valence-corrected chi connectivity index (χ1v) is 8.57. The standard InChI is InChI=1S/2C10H16N.BrH.ClH/c2*1-3-4-7-11-8-5-10(2)6-9-11;;/h2*5-6,8-9H,3-4,7H2,1-2H3;2*1H/q2*+1;;/p-2. The zero-order valence-electron chi connectivity index (χ0n) is 15.5. The number of unbranched alkanes of at least 4 members (excludes halogenated alkanes) is 2. The molecule has 4 heteroatoms. The van der Waals surface area contributed by atoms with Crippen LogP contribution in [0.2, 0.25) is 0 Å². The summed E-state index contributed by atoms with van der Waals surface area (Å²) >= 11 is 0. The number of nitrogens with zero attached hydrogens (tertiary/aromatic N) is 2. The smallest absolute Gasteiger partial charge is 0.169 e. The monoisotopic (exact) mass is 414 g/mol. The van der Waals surface area contributed by atoms with Gasteiger partial charge in [0.2, 0.25) is 0 Å². The number of aromatic nitrogens is 2. The highest BCUT2D eigenvalue weighted by Gasteiger charge is 1.96. The van der Waals surface area contributed by atoms with E-state index in [1.807, 2.05) is 0 Å². The van der Waals surface area contributed by atoms with Gasteiger partial charge in [-0.2, -0.15) is 0 Å². The predicted octanol–water partition coefficient (Wildman–Crippen LogP) is -1.83. The van der Waals surface area contributed by atoms with Gasteiger partial charge in [0, 0.05) is 37.1 Å². The average Bonchev–Trinajstić information content (AvgIpc) is 2.54. The maximum absolute atomic E-state index is 2.23. The first kappa shape index (κ1) is 25.3. The van der Waals surface area contributed by atoms with Crippen LogP contribution in [0, 0.1) is 13.8 Å². The van der Waals surface area contributed by atoms with E-state index in [0.717, 1.165) is 13.1 Å². The maximum atomic E-state index is 2.23. The van der Waals surface area contributed by atoms with Gasteiger partial charge in [0.15, 0.2) is 24.8 Å². The van der Waals surface area contributed by atoms with Gasteiger partial charge in [-0.3, -0.25) is 0 Å². The second-order valence-electron chi connectivity index (χ2n) is 5.93. The van der Waals surface area contributed by atoms with Crippen molar-refractivity contribution >= 4 is 0 Å². The van der Waals surface area contributed by atoms with E-state index in [1.165, 1.54) is 36.8 Å². The second kappa shape index (κ2) is 15.6. The van der Waals surface area contributed by atoms with Crippen LogP contribution in [0.15, 0.2) is 49.1 Å². The van der Waals surface area contributed by atoms with Crippen LogP contribution in [0.5, 0.6) is 0 Å². The summed E-state index contributed by atoms with van der Waals surface area (Å²) in [5, 5.41) is 0. The van der Waals surface area contributed by atoms with Gasteiger partial charge in [-0.05, 0) is 25.0 Å². The molecule has 0 aliphatic carbocycles. The molecule has 0 unspecified atom stereocenters. The molecule has 0 saturated heterocycles. The van der Waals surface area contributed by atoms with Gasteiger partial charge in [0.25, 0.3) is 0 Å². The Bertz CT molecular complexity index is 463. The number of hydrogen-bond acceptors (Lipinski definition) is 0. The maximum Gasteiger partial charge on any atom is 0.169 e. The average molecular weight is 416 g/mol. The van der Waals surface area contributed by atoms with Crippen molar-refractivity contribution in [2.45, 2.75) is 66.5 Å². The Kier molecular flexibility index (Phi) is 16.4. The molecule has 2 aromatic heterocycles. The van der Waals surface area contributed by atoms with Gasteiger partial charge in [0.05, 0.1) is 0 Å². The zero-order chi connectivity index (χ0) is 16.2. The third kappa shape index (κ3) is 11.6. The van der Waals surface area contributed by atoms with Crippen molar-refractivity contribution in [3.8, 4) is 0 Å². The molecule has 0 amide bonds. The summed E-state index contributed by atoms with van der Waals surface area (Å²) in [5.74, 6) is 0. The molecule has 0 aliphatic rings. The summed E-state index contributed by atoms with van der Waals surface area (Å²) in [4.78, 5) is 0. The van der Waals surface area contributed by atoms with Crippen molar-refractivity contribution in [1.29, 1.82) is 0 Å². The van der Waals surface area contributed by atoms with Gasteiger partial charge in [-0.25, -0.2) is 9.13 Å². The van der Waals surface area contributed by atoms with E-state index in [1.54, 1.807) is 0 Å². The topological polar surface area (TPSA) is 7.76 Å². The quantitative estimate of drug-likeness (QED) is 0.491. The molecule has 24 heavy (non-hydrogen) atoms. The molecule has 0 aromatic carbocycles. The van der Waals surface area contributed by atoms with E-state index >= 15 is 0 Å². The highest BCUT2D eigenvalue weighted by Crippen LogP contribution is 1.92. The summed E-state index contributed by atoms with van der Waals surface area (Å²) in [7, 11) is 0. The van der Waals surface area contributed by atoms with Crippen molar-refractivity contribution in [3.63, 3.8) is 0 Å². The minimum Gasteiger partial charge on any atom is -1.00 e. The molecule has 136 valence electrons. The Hall–Kier alpha value is -0.930. The normalized spacial score (nSPS) is 9.17. The van der Waals surface area contributed by atoms with Crippen molar-refractivity contribution in [2.75, 3.05) is 0 Å². The van der Waals surface area contributed by atoms with E-state index in [9.17, 15) is 0 Å². The molecule has 0 fully saturated rings. The summed E-state index contributed by atoms with van der Waals surface area (Å²) < 4.78 is 4.47. The van der Waals surface area contributed by atoms with E-state index in [4.69, 9.17) is 0 Å². The van der Waals surface area contributed by atoms with E-state index in [0.29, 0.717) is 0 Å². The number of pyridine rings is 2. The van der Waals surface area contributed by atoms with Crippen LogP contribution in [0.3, 0.4) is 0 Å². The largest absolute Gasteiger partial charge is 1.00 e. The molecule has 0 atom stereocenters. The summed E-state index contributed by atoms with van der Waals surface area (Å²) in [6, 6.07) is 8.59. The number of aryl methyl sites for hydroxylation is 4. The molecule has 0 bridgehead atoms. The van der Waals surface area contributed by atoms with Crippen LogP contribution in [0.1, 0.15) is 50.7 Å². The van der Waals surface area contributed by atoms with Crippen LogP contribution in [0.25, 0.3) is 0 Å². The van der Waals surface area contributed by atoms with Gasteiger partial charge in [-0.1, -0.05) is 26.7 Å². The molecule has 2 aromatic rings. The van der Waals surface area contributed by atoms with Gasteiger partial charge >= 0.3 is 0 Å². The molecule has 2 heterocycles. The SMILES string of the molecule is CCCC[n+]1ccc(C)cc1.CCCC[n+]1ccc(C)cc1.[Br-].[Cl-]. The molecule has 0 saturated carbocycles. The number of rotatable bonds is 6. The summed E-state index contributed by atoms with van der Waals surface area (Å²) in [6.07, 6.45) is 13.6. The van der Waals surface area contributed by atoms with E-state index in [2.05, 4.69) is 85.9 Å². The van der Waals surface area contributed by atoms with Crippen molar-refractivity contribution < 1.29 is 38.5 Å². The van der Waals surface area contributed by atoms with E-state index < -0.39 is 0 Å². The van der Waals surface area contributed by atoms with Gasteiger partial charge in [0.1, 0.15) is 13.1 Å². The molecule has 0 aliphatic heterocycles.